The van der Waals surface area contributed by atoms with Crippen LogP contribution in [0.15, 0.2) is 35.3 Å². The standard InChI is InChI=1S/C22H36N4O/c1-18(20-9-5-4-6-10-20)25-22(12-7-8-13-22)17-24-21(23-2)26-14-11-19(15-26)16-27-3/h4-6,9-10,18-19,25H,7-8,11-17H2,1-3H3,(H,23,24). The Labute approximate surface area is 164 Å². The number of ether oxygens (including phenoxy) is 1. The second kappa shape index (κ2) is 9.56. The molecular formula is C22H36N4O. The molecule has 2 fully saturated rings. The molecular weight excluding hydrogens is 336 g/mol. The van der Waals surface area contributed by atoms with Gasteiger partial charge in [-0.3, -0.25) is 4.99 Å². The Morgan fingerprint density at radius 1 is 1.30 bits per heavy atom. The fourth-order valence-electron chi connectivity index (χ4n) is 4.69. The second-order valence-electron chi connectivity index (χ2n) is 8.22. The summed E-state index contributed by atoms with van der Waals surface area (Å²) < 4.78 is 5.33. The quantitative estimate of drug-likeness (QED) is 0.570. The van der Waals surface area contributed by atoms with E-state index in [4.69, 9.17) is 4.74 Å². The molecule has 0 spiro atoms. The van der Waals surface area contributed by atoms with Gasteiger partial charge in [-0.1, -0.05) is 43.2 Å². The number of likely N-dealkylation sites (tertiary alicyclic amines) is 1. The minimum absolute atomic E-state index is 0.150. The van der Waals surface area contributed by atoms with Gasteiger partial charge < -0.3 is 20.3 Å². The van der Waals surface area contributed by atoms with E-state index < -0.39 is 0 Å². The van der Waals surface area contributed by atoms with Gasteiger partial charge in [0.05, 0.1) is 6.61 Å². The molecule has 2 atom stereocenters. The highest BCUT2D eigenvalue weighted by Gasteiger charge is 2.36. The molecule has 1 heterocycles. The van der Waals surface area contributed by atoms with Gasteiger partial charge in [0.1, 0.15) is 0 Å². The van der Waals surface area contributed by atoms with E-state index in [1.807, 2.05) is 7.05 Å². The van der Waals surface area contributed by atoms with Gasteiger partial charge in [-0.05, 0) is 31.7 Å². The summed E-state index contributed by atoms with van der Waals surface area (Å²) in [4.78, 5) is 6.94. The third kappa shape index (κ3) is 5.23. The molecule has 0 radical (unpaired) electrons. The van der Waals surface area contributed by atoms with Crippen LogP contribution in [0.4, 0.5) is 0 Å². The van der Waals surface area contributed by atoms with E-state index in [2.05, 4.69) is 57.8 Å². The van der Waals surface area contributed by atoms with Gasteiger partial charge in [-0.15, -0.1) is 0 Å². The lowest BCUT2D eigenvalue weighted by atomic mass is 9.94. The Kier molecular flexibility index (Phi) is 7.13. The molecule has 3 rings (SSSR count). The maximum absolute atomic E-state index is 5.33. The Hall–Kier alpha value is -1.59. The Morgan fingerprint density at radius 2 is 2.04 bits per heavy atom. The zero-order valence-electron chi connectivity index (χ0n) is 17.2. The monoisotopic (exact) mass is 372 g/mol. The van der Waals surface area contributed by atoms with E-state index in [0.29, 0.717) is 12.0 Å². The van der Waals surface area contributed by atoms with E-state index >= 15 is 0 Å². The number of guanidine groups is 1. The van der Waals surface area contributed by atoms with E-state index in [1.54, 1.807) is 7.11 Å². The normalized spacial score (nSPS) is 23.6. The highest BCUT2D eigenvalue weighted by atomic mass is 16.5. The zero-order chi connectivity index (χ0) is 19.1. The van der Waals surface area contributed by atoms with Crippen LogP contribution in [0.25, 0.3) is 0 Å². The van der Waals surface area contributed by atoms with Crippen molar-refractivity contribution in [2.75, 3.05) is 40.4 Å². The summed E-state index contributed by atoms with van der Waals surface area (Å²) in [6.07, 6.45) is 6.23. The molecule has 2 aliphatic rings. The predicted octanol–water partition coefficient (Wildman–Crippen LogP) is 3.19. The number of hydrogen-bond acceptors (Lipinski definition) is 3. The number of methoxy groups -OCH3 is 1. The van der Waals surface area contributed by atoms with Crippen LogP contribution < -0.4 is 10.6 Å². The summed E-state index contributed by atoms with van der Waals surface area (Å²) in [7, 11) is 3.69. The molecule has 0 bridgehead atoms. The molecule has 2 unspecified atom stereocenters. The third-order valence-corrected chi connectivity index (χ3v) is 6.17. The first-order valence-electron chi connectivity index (χ1n) is 10.4. The summed E-state index contributed by atoms with van der Waals surface area (Å²) in [6.45, 7) is 6.15. The molecule has 1 aliphatic carbocycles. The molecule has 5 heteroatoms. The topological polar surface area (TPSA) is 48.9 Å². The zero-order valence-corrected chi connectivity index (χ0v) is 17.2. The predicted molar refractivity (Wildman–Crippen MR) is 112 cm³/mol. The van der Waals surface area contributed by atoms with Crippen LogP contribution >= 0.6 is 0 Å². The maximum Gasteiger partial charge on any atom is 0.193 e. The van der Waals surface area contributed by atoms with Gasteiger partial charge in [0.15, 0.2) is 5.96 Å². The highest BCUT2D eigenvalue weighted by Crippen LogP contribution is 2.32. The Morgan fingerprint density at radius 3 is 2.70 bits per heavy atom. The van der Waals surface area contributed by atoms with Gasteiger partial charge in [0.2, 0.25) is 0 Å². The summed E-state index contributed by atoms with van der Waals surface area (Å²) >= 11 is 0. The molecule has 5 nitrogen and oxygen atoms in total. The molecule has 1 aromatic carbocycles. The van der Waals surface area contributed by atoms with Crippen molar-refractivity contribution in [3.63, 3.8) is 0 Å². The van der Waals surface area contributed by atoms with Crippen LogP contribution in [-0.2, 0) is 4.74 Å². The van der Waals surface area contributed by atoms with Crippen LogP contribution in [0.5, 0.6) is 0 Å². The SMILES string of the molecule is CN=C(NCC1(NC(C)c2ccccc2)CCCC1)N1CCC(COC)C1. The first-order valence-corrected chi connectivity index (χ1v) is 10.4. The van der Waals surface area contributed by atoms with Crippen molar-refractivity contribution < 1.29 is 4.74 Å². The van der Waals surface area contributed by atoms with Crippen molar-refractivity contribution in [3.05, 3.63) is 35.9 Å². The molecule has 0 amide bonds. The number of nitrogens with one attached hydrogen (secondary N) is 2. The molecule has 1 saturated carbocycles. The second-order valence-corrected chi connectivity index (χ2v) is 8.22. The number of hydrogen-bond donors (Lipinski definition) is 2. The van der Waals surface area contributed by atoms with E-state index in [9.17, 15) is 0 Å². The first-order chi connectivity index (χ1) is 13.2. The van der Waals surface area contributed by atoms with Crippen LogP contribution in [0.2, 0.25) is 0 Å². The Bertz CT molecular complexity index is 598. The van der Waals surface area contributed by atoms with Crippen molar-refractivity contribution in [1.82, 2.24) is 15.5 Å². The minimum atomic E-state index is 0.150. The fourth-order valence-corrected chi connectivity index (χ4v) is 4.69. The highest BCUT2D eigenvalue weighted by molar-refractivity contribution is 5.80. The van der Waals surface area contributed by atoms with Gasteiger partial charge in [-0.25, -0.2) is 0 Å². The van der Waals surface area contributed by atoms with E-state index in [-0.39, 0.29) is 5.54 Å². The smallest absolute Gasteiger partial charge is 0.193 e. The molecule has 1 aliphatic heterocycles. The molecule has 0 aromatic heterocycles. The van der Waals surface area contributed by atoms with Gasteiger partial charge in [0, 0.05) is 51.3 Å². The van der Waals surface area contributed by atoms with Crippen molar-refractivity contribution in [2.24, 2.45) is 10.9 Å². The van der Waals surface area contributed by atoms with Crippen molar-refractivity contribution in [2.45, 2.75) is 50.6 Å². The van der Waals surface area contributed by atoms with Crippen molar-refractivity contribution in [3.8, 4) is 0 Å². The van der Waals surface area contributed by atoms with E-state index in [0.717, 1.165) is 32.2 Å². The number of rotatable bonds is 7. The lowest BCUT2D eigenvalue weighted by Crippen LogP contribution is -2.54. The lowest BCUT2D eigenvalue weighted by Gasteiger charge is -2.35. The summed E-state index contributed by atoms with van der Waals surface area (Å²) in [5.41, 5.74) is 1.51. The van der Waals surface area contributed by atoms with Gasteiger partial charge >= 0.3 is 0 Å². The van der Waals surface area contributed by atoms with Crippen LogP contribution in [0.3, 0.4) is 0 Å². The average molecular weight is 373 g/mol. The van der Waals surface area contributed by atoms with Gasteiger partial charge in [0.25, 0.3) is 0 Å². The Balaban J connectivity index is 1.59. The molecule has 150 valence electrons. The largest absolute Gasteiger partial charge is 0.384 e. The number of benzene rings is 1. The lowest BCUT2D eigenvalue weighted by molar-refractivity contribution is 0.157. The van der Waals surface area contributed by atoms with E-state index in [1.165, 1.54) is 37.7 Å². The summed E-state index contributed by atoms with van der Waals surface area (Å²) in [6, 6.07) is 11.1. The fraction of sp³-hybridized carbons (Fsp3) is 0.682. The number of nitrogens with zero attached hydrogens (tertiary/aromatic N) is 2. The molecule has 27 heavy (non-hydrogen) atoms. The van der Waals surface area contributed by atoms with Crippen LogP contribution in [-0.4, -0.2) is 56.8 Å². The minimum Gasteiger partial charge on any atom is -0.384 e. The van der Waals surface area contributed by atoms with Crippen LogP contribution in [0.1, 0.15) is 50.6 Å². The van der Waals surface area contributed by atoms with Crippen LogP contribution in [0, 0.1) is 5.92 Å². The molecule has 1 aromatic rings. The maximum atomic E-state index is 5.33. The molecule has 1 saturated heterocycles. The van der Waals surface area contributed by atoms with Crippen molar-refractivity contribution in [1.29, 1.82) is 0 Å². The average Bonchev–Trinajstić information content (AvgIpc) is 3.34. The number of aliphatic imine (C=N–C) groups is 1. The summed E-state index contributed by atoms with van der Waals surface area (Å²) in [5, 5.41) is 7.64. The molecule has 2 N–H and O–H groups in total. The summed E-state index contributed by atoms with van der Waals surface area (Å²) in [5.74, 6) is 1.65. The van der Waals surface area contributed by atoms with Gasteiger partial charge in [-0.2, -0.15) is 0 Å². The first kappa shape index (κ1) is 20.2. The van der Waals surface area contributed by atoms with Crippen molar-refractivity contribution >= 4 is 5.96 Å². The third-order valence-electron chi connectivity index (χ3n) is 6.17.